The highest BCUT2D eigenvalue weighted by Crippen LogP contribution is 2.23. The van der Waals surface area contributed by atoms with E-state index < -0.39 is 0 Å². The van der Waals surface area contributed by atoms with Crippen molar-refractivity contribution in [2.45, 2.75) is 41.0 Å². The summed E-state index contributed by atoms with van der Waals surface area (Å²) in [6.07, 6.45) is 1.33. The minimum Gasteiger partial charge on any atom is -0.255 e. The van der Waals surface area contributed by atoms with E-state index in [1.54, 1.807) is 0 Å². The topological polar surface area (TPSA) is 40.5 Å². The Morgan fingerprint density at radius 1 is 1.10 bits per heavy atom. The van der Waals surface area contributed by atoms with Crippen molar-refractivity contribution in [3.05, 3.63) is 0 Å². The lowest BCUT2D eigenvalue weighted by Gasteiger charge is -2.19. The molecule has 64 valence electrons. The van der Waals surface area contributed by atoms with Crippen molar-refractivity contribution < 1.29 is 10.5 Å². The minimum atomic E-state index is 0.522. The molecule has 0 heterocycles. The summed E-state index contributed by atoms with van der Waals surface area (Å²) >= 11 is 0. The van der Waals surface area contributed by atoms with Crippen molar-refractivity contribution in [1.29, 1.82) is 0 Å². The molecule has 0 fully saturated rings. The average molecular weight is 148 g/mol. The van der Waals surface area contributed by atoms with Crippen LogP contribution in [0.15, 0.2) is 0 Å². The molecule has 0 saturated heterocycles. The fourth-order valence-corrected chi connectivity index (χ4v) is 1.22. The molecule has 2 heteroatoms. The van der Waals surface area contributed by atoms with Gasteiger partial charge in [-0.05, 0) is 17.8 Å². The van der Waals surface area contributed by atoms with E-state index in [1.165, 1.54) is 6.42 Å². The van der Waals surface area contributed by atoms with Crippen molar-refractivity contribution in [2.24, 2.45) is 11.3 Å². The summed E-state index contributed by atoms with van der Waals surface area (Å²) in [5.41, 5.74) is 0.522. The first-order valence-electron chi connectivity index (χ1n) is 3.62. The van der Waals surface area contributed by atoms with E-state index in [0.717, 1.165) is 5.92 Å². The molecule has 10 heavy (non-hydrogen) atoms. The molecule has 0 unspecified atom stereocenters. The molecule has 0 aliphatic carbocycles. The third-order valence-corrected chi connectivity index (χ3v) is 1.02. The highest BCUT2D eigenvalue weighted by atomic mass is 17.0. The van der Waals surface area contributed by atoms with Crippen LogP contribution in [-0.2, 0) is 0 Å². The van der Waals surface area contributed by atoms with E-state index in [1.807, 2.05) is 0 Å². The Morgan fingerprint density at radius 3 is 1.40 bits per heavy atom. The van der Waals surface area contributed by atoms with Crippen LogP contribution in [0.5, 0.6) is 0 Å². The SMILES string of the molecule is CC(C)CC(C)(C)C.OO. The molecular formula is C8H20O2. The van der Waals surface area contributed by atoms with Gasteiger partial charge in [-0.15, -0.1) is 0 Å². The Labute approximate surface area is 63.8 Å². The number of hydrogen-bond acceptors (Lipinski definition) is 2. The van der Waals surface area contributed by atoms with Crippen molar-refractivity contribution in [2.75, 3.05) is 0 Å². The van der Waals surface area contributed by atoms with Crippen LogP contribution < -0.4 is 0 Å². The predicted octanol–water partition coefficient (Wildman–Crippen LogP) is 3.10. The highest BCUT2D eigenvalue weighted by molar-refractivity contribution is 4.62. The van der Waals surface area contributed by atoms with E-state index in [4.69, 9.17) is 10.5 Å². The fraction of sp³-hybridized carbons (Fsp3) is 1.00. The third-order valence-electron chi connectivity index (χ3n) is 1.02. The molecule has 0 aliphatic rings. The van der Waals surface area contributed by atoms with E-state index in [-0.39, 0.29) is 0 Å². The van der Waals surface area contributed by atoms with Crippen LogP contribution in [0, 0.1) is 11.3 Å². The van der Waals surface area contributed by atoms with Gasteiger partial charge in [-0.2, -0.15) is 0 Å². The molecule has 2 nitrogen and oxygen atoms in total. The fourth-order valence-electron chi connectivity index (χ4n) is 1.22. The van der Waals surface area contributed by atoms with Crippen LogP contribution in [0.25, 0.3) is 0 Å². The lowest BCUT2D eigenvalue weighted by Crippen LogP contribution is -2.08. The quantitative estimate of drug-likeness (QED) is 0.443. The maximum atomic E-state index is 6.00. The molecule has 0 aromatic heterocycles. The van der Waals surface area contributed by atoms with Crippen molar-refractivity contribution in [3.8, 4) is 0 Å². The van der Waals surface area contributed by atoms with Crippen LogP contribution in [0.4, 0.5) is 0 Å². The zero-order valence-electron chi connectivity index (χ0n) is 7.68. The van der Waals surface area contributed by atoms with E-state index in [9.17, 15) is 0 Å². The molecule has 0 aromatic carbocycles. The summed E-state index contributed by atoms with van der Waals surface area (Å²) in [7, 11) is 0. The first-order valence-corrected chi connectivity index (χ1v) is 3.62. The Balaban J connectivity index is 0. The summed E-state index contributed by atoms with van der Waals surface area (Å²) in [5, 5.41) is 12.0. The Hall–Kier alpha value is -0.0800. The zero-order valence-corrected chi connectivity index (χ0v) is 7.68. The summed E-state index contributed by atoms with van der Waals surface area (Å²) < 4.78 is 0. The number of hydrogen-bond donors (Lipinski definition) is 2. The van der Waals surface area contributed by atoms with Gasteiger partial charge in [0.1, 0.15) is 0 Å². The van der Waals surface area contributed by atoms with E-state index in [2.05, 4.69) is 34.6 Å². The summed E-state index contributed by atoms with van der Waals surface area (Å²) in [6, 6.07) is 0. The second-order valence-electron chi connectivity index (χ2n) is 4.16. The first kappa shape index (κ1) is 12.6. The largest absolute Gasteiger partial charge is 0.255 e. The monoisotopic (exact) mass is 148 g/mol. The van der Waals surface area contributed by atoms with Gasteiger partial charge in [0.2, 0.25) is 0 Å². The van der Waals surface area contributed by atoms with Gasteiger partial charge in [-0.1, -0.05) is 34.6 Å². The van der Waals surface area contributed by atoms with Crippen molar-refractivity contribution >= 4 is 0 Å². The van der Waals surface area contributed by atoms with Crippen LogP contribution in [0.2, 0.25) is 0 Å². The highest BCUT2D eigenvalue weighted by Gasteiger charge is 2.11. The molecule has 0 radical (unpaired) electrons. The van der Waals surface area contributed by atoms with Crippen LogP contribution in [0.3, 0.4) is 0 Å². The second-order valence-corrected chi connectivity index (χ2v) is 4.16. The lowest BCUT2D eigenvalue weighted by atomic mass is 9.86. The van der Waals surface area contributed by atoms with Crippen molar-refractivity contribution in [3.63, 3.8) is 0 Å². The summed E-state index contributed by atoms with van der Waals surface area (Å²) in [4.78, 5) is 0. The molecule has 0 saturated carbocycles. The van der Waals surface area contributed by atoms with E-state index in [0.29, 0.717) is 5.41 Å². The molecule has 0 aliphatic heterocycles. The van der Waals surface area contributed by atoms with Gasteiger partial charge in [-0.3, -0.25) is 10.5 Å². The lowest BCUT2D eigenvalue weighted by molar-refractivity contribution is -0.176. The van der Waals surface area contributed by atoms with Gasteiger partial charge < -0.3 is 0 Å². The minimum absolute atomic E-state index is 0.522. The van der Waals surface area contributed by atoms with Crippen LogP contribution >= 0.6 is 0 Å². The van der Waals surface area contributed by atoms with Gasteiger partial charge in [-0.25, -0.2) is 0 Å². The molecule has 0 rings (SSSR count). The first-order chi connectivity index (χ1) is 4.42. The van der Waals surface area contributed by atoms with Gasteiger partial charge in [0, 0.05) is 0 Å². The zero-order chi connectivity index (χ0) is 8.78. The van der Waals surface area contributed by atoms with Gasteiger partial charge in [0.25, 0.3) is 0 Å². The van der Waals surface area contributed by atoms with Gasteiger partial charge in [0.05, 0.1) is 0 Å². The smallest absolute Gasteiger partial charge is 0.0380 e. The maximum absolute atomic E-state index is 6.00. The predicted molar refractivity (Wildman–Crippen MR) is 44.2 cm³/mol. The normalized spacial score (nSPS) is 10.8. The van der Waals surface area contributed by atoms with Gasteiger partial charge in [0.15, 0.2) is 0 Å². The molecule has 2 N–H and O–H groups in total. The number of rotatable bonds is 1. The molecule has 0 spiro atoms. The van der Waals surface area contributed by atoms with Gasteiger partial charge >= 0.3 is 0 Å². The third kappa shape index (κ3) is 15.7. The maximum Gasteiger partial charge on any atom is -0.0380 e. The Morgan fingerprint density at radius 2 is 1.40 bits per heavy atom. The Bertz CT molecular complexity index is 62.1. The van der Waals surface area contributed by atoms with Crippen LogP contribution in [-0.4, -0.2) is 10.5 Å². The molecule has 0 amide bonds. The standard InChI is InChI=1S/C8H18.H2O2/c1-7(2)6-8(3,4)5;1-2/h7H,6H2,1-5H3;1-2H. The van der Waals surface area contributed by atoms with Crippen LogP contribution in [0.1, 0.15) is 41.0 Å². The Kier molecular flexibility index (Phi) is 7.15. The van der Waals surface area contributed by atoms with E-state index >= 15 is 0 Å². The summed E-state index contributed by atoms with van der Waals surface area (Å²) in [6.45, 7) is 11.4. The molecular weight excluding hydrogens is 128 g/mol. The molecule has 0 atom stereocenters. The molecule has 0 aromatic rings. The summed E-state index contributed by atoms with van der Waals surface area (Å²) in [5.74, 6) is 0.843. The average Bonchev–Trinajstić information content (AvgIpc) is 1.64. The molecule has 0 bridgehead atoms. The second kappa shape index (κ2) is 5.69. The van der Waals surface area contributed by atoms with Crippen molar-refractivity contribution in [1.82, 2.24) is 0 Å².